The van der Waals surface area contributed by atoms with Crippen LogP contribution in [0.3, 0.4) is 0 Å². The van der Waals surface area contributed by atoms with Gasteiger partial charge in [-0.15, -0.1) is 11.3 Å². The number of carbonyl (C=O) groups excluding carboxylic acids is 1. The van der Waals surface area contributed by atoms with Crippen molar-refractivity contribution in [1.29, 1.82) is 0 Å². The van der Waals surface area contributed by atoms with Gasteiger partial charge in [-0.2, -0.15) is 0 Å². The molecule has 1 aliphatic carbocycles. The smallest absolute Gasteiger partial charge is 0.231 e. The highest BCUT2D eigenvalue weighted by molar-refractivity contribution is 7.92. The Hall–Kier alpha value is -1.19. The number of aromatic nitrogens is 1. The van der Waals surface area contributed by atoms with E-state index in [1.165, 1.54) is 0 Å². The van der Waals surface area contributed by atoms with Crippen LogP contribution in [0, 0.1) is 5.41 Å². The van der Waals surface area contributed by atoms with Crippen molar-refractivity contribution in [2.75, 3.05) is 11.0 Å². The van der Waals surface area contributed by atoms with Crippen LogP contribution in [-0.4, -0.2) is 42.8 Å². The van der Waals surface area contributed by atoms with E-state index in [1.54, 1.807) is 5.38 Å². The van der Waals surface area contributed by atoms with Crippen molar-refractivity contribution < 1.29 is 18.3 Å². The molecule has 118 valence electrons. The number of thiazole rings is 1. The summed E-state index contributed by atoms with van der Waals surface area (Å²) >= 11 is 1.14. The Kier molecular flexibility index (Phi) is 4.27. The molecule has 1 saturated carbocycles. The minimum atomic E-state index is -3.36. The van der Waals surface area contributed by atoms with E-state index >= 15 is 0 Å². The van der Waals surface area contributed by atoms with Crippen LogP contribution < -0.4 is 10.0 Å². The molecule has 2 atom stereocenters. The number of aliphatic hydroxyl groups is 1. The average molecular weight is 333 g/mol. The molecule has 1 aliphatic rings. The van der Waals surface area contributed by atoms with Gasteiger partial charge in [0.15, 0.2) is 5.13 Å². The molecule has 0 aliphatic heterocycles. The zero-order valence-electron chi connectivity index (χ0n) is 12.1. The number of aliphatic hydroxyl groups excluding tert-OH is 1. The van der Waals surface area contributed by atoms with E-state index in [2.05, 4.69) is 15.0 Å². The first kappa shape index (κ1) is 16.2. The summed E-state index contributed by atoms with van der Waals surface area (Å²) in [6, 6.07) is -0.0488. The van der Waals surface area contributed by atoms with Gasteiger partial charge in [0.1, 0.15) is 0 Å². The van der Waals surface area contributed by atoms with Crippen LogP contribution in [0.15, 0.2) is 5.38 Å². The maximum Gasteiger partial charge on any atom is 0.231 e. The predicted octanol–water partition coefficient (Wildman–Crippen LogP) is 0.333. The molecule has 0 spiro atoms. The summed E-state index contributed by atoms with van der Waals surface area (Å²) in [6.07, 6.45) is 1.29. The van der Waals surface area contributed by atoms with Crippen molar-refractivity contribution in [1.82, 2.24) is 10.3 Å². The van der Waals surface area contributed by atoms with Crippen molar-refractivity contribution in [3.63, 3.8) is 0 Å². The van der Waals surface area contributed by atoms with Gasteiger partial charge in [0.2, 0.25) is 15.9 Å². The number of nitrogens with zero attached hydrogens (tertiary/aromatic N) is 1. The fourth-order valence-electron chi connectivity index (χ4n) is 2.15. The Morgan fingerprint density at radius 1 is 1.57 bits per heavy atom. The van der Waals surface area contributed by atoms with E-state index < -0.39 is 16.1 Å². The lowest BCUT2D eigenvalue weighted by Crippen LogP contribution is -2.61. The summed E-state index contributed by atoms with van der Waals surface area (Å²) in [6.45, 7) is 3.81. The van der Waals surface area contributed by atoms with Crippen LogP contribution >= 0.6 is 11.3 Å². The molecule has 7 nitrogen and oxygen atoms in total. The standard InChI is InChI=1S/C12H19N3O4S2/c1-12(2)8(5-9(12)16)14-10(17)4-7-6-20-11(13-7)15-21(3,18)19/h6,8-9,16H,4-5H2,1-3H3,(H,13,15)(H,14,17). The van der Waals surface area contributed by atoms with Crippen LogP contribution in [0.25, 0.3) is 0 Å². The van der Waals surface area contributed by atoms with Gasteiger partial charge in [-0.25, -0.2) is 13.4 Å². The fraction of sp³-hybridized carbons (Fsp3) is 0.667. The molecule has 2 unspecified atom stereocenters. The summed E-state index contributed by atoms with van der Waals surface area (Å²) in [5.74, 6) is -0.184. The van der Waals surface area contributed by atoms with Crippen molar-refractivity contribution in [3.05, 3.63) is 11.1 Å². The predicted molar refractivity (Wildman–Crippen MR) is 80.6 cm³/mol. The summed E-state index contributed by atoms with van der Waals surface area (Å²) in [5.41, 5.74) is 0.196. The lowest BCUT2D eigenvalue weighted by Gasteiger charge is -2.49. The van der Waals surface area contributed by atoms with E-state index in [9.17, 15) is 18.3 Å². The quantitative estimate of drug-likeness (QED) is 0.720. The zero-order valence-corrected chi connectivity index (χ0v) is 13.7. The number of nitrogens with one attached hydrogen (secondary N) is 2. The number of hydrogen-bond acceptors (Lipinski definition) is 6. The van der Waals surface area contributed by atoms with E-state index in [4.69, 9.17) is 0 Å². The van der Waals surface area contributed by atoms with Crippen LogP contribution in [0.5, 0.6) is 0 Å². The number of rotatable bonds is 5. The summed E-state index contributed by atoms with van der Waals surface area (Å²) < 4.78 is 24.4. The van der Waals surface area contributed by atoms with Gasteiger partial charge in [-0.05, 0) is 6.42 Å². The van der Waals surface area contributed by atoms with Crippen molar-refractivity contribution in [2.24, 2.45) is 5.41 Å². The van der Waals surface area contributed by atoms with Gasteiger partial charge in [-0.3, -0.25) is 9.52 Å². The monoisotopic (exact) mass is 333 g/mol. The molecule has 2 rings (SSSR count). The highest BCUT2D eigenvalue weighted by Gasteiger charge is 2.47. The molecular weight excluding hydrogens is 314 g/mol. The summed E-state index contributed by atoms with van der Waals surface area (Å²) in [7, 11) is -3.36. The SMILES string of the molecule is CC1(C)C(O)CC1NC(=O)Cc1csc(NS(C)(=O)=O)n1. The van der Waals surface area contributed by atoms with Gasteiger partial charge in [0.25, 0.3) is 0 Å². The molecule has 1 aromatic heterocycles. The Morgan fingerprint density at radius 3 is 2.76 bits per heavy atom. The van der Waals surface area contributed by atoms with Gasteiger partial charge in [0, 0.05) is 16.8 Å². The highest BCUT2D eigenvalue weighted by Crippen LogP contribution is 2.40. The number of anilines is 1. The zero-order chi connectivity index (χ0) is 15.8. The average Bonchev–Trinajstić information content (AvgIpc) is 2.73. The molecule has 1 amide bonds. The third-order valence-corrected chi connectivity index (χ3v) is 5.22. The Morgan fingerprint density at radius 2 is 2.24 bits per heavy atom. The van der Waals surface area contributed by atoms with Crippen LogP contribution in [0.1, 0.15) is 26.0 Å². The van der Waals surface area contributed by atoms with E-state index in [0.717, 1.165) is 17.6 Å². The number of carbonyl (C=O) groups is 1. The molecular formula is C12H19N3O4S2. The Labute approximate surface area is 127 Å². The normalized spacial score (nSPS) is 24.2. The Balaban J connectivity index is 1.89. The van der Waals surface area contributed by atoms with Crippen molar-refractivity contribution in [2.45, 2.75) is 38.8 Å². The number of hydrogen-bond donors (Lipinski definition) is 3. The highest BCUT2D eigenvalue weighted by atomic mass is 32.2. The summed E-state index contributed by atoms with van der Waals surface area (Å²) in [4.78, 5) is 16.0. The first-order chi connectivity index (χ1) is 9.58. The second-order valence-electron chi connectivity index (χ2n) is 5.89. The van der Waals surface area contributed by atoms with Gasteiger partial charge >= 0.3 is 0 Å². The first-order valence-electron chi connectivity index (χ1n) is 6.47. The number of sulfonamides is 1. The minimum absolute atomic E-state index is 0.0488. The molecule has 1 fully saturated rings. The maximum atomic E-state index is 11.9. The largest absolute Gasteiger partial charge is 0.392 e. The minimum Gasteiger partial charge on any atom is -0.392 e. The Bertz CT molecular complexity index is 639. The van der Waals surface area contributed by atoms with E-state index in [-0.39, 0.29) is 28.9 Å². The molecule has 0 bridgehead atoms. The van der Waals surface area contributed by atoms with E-state index in [1.807, 2.05) is 13.8 Å². The second kappa shape index (κ2) is 5.54. The number of amides is 1. The lowest BCUT2D eigenvalue weighted by atomic mass is 9.64. The third kappa shape index (κ3) is 3.92. The van der Waals surface area contributed by atoms with Gasteiger partial charge in [0.05, 0.1) is 24.5 Å². The molecule has 0 aromatic carbocycles. The van der Waals surface area contributed by atoms with Crippen molar-refractivity contribution in [3.8, 4) is 0 Å². The maximum absolute atomic E-state index is 11.9. The van der Waals surface area contributed by atoms with Crippen LogP contribution in [0.4, 0.5) is 5.13 Å². The molecule has 1 heterocycles. The second-order valence-corrected chi connectivity index (χ2v) is 8.49. The fourth-order valence-corrected chi connectivity index (χ4v) is 3.71. The molecule has 3 N–H and O–H groups in total. The van der Waals surface area contributed by atoms with E-state index in [0.29, 0.717) is 12.1 Å². The third-order valence-electron chi connectivity index (χ3n) is 3.72. The van der Waals surface area contributed by atoms with Crippen LogP contribution in [0.2, 0.25) is 0 Å². The van der Waals surface area contributed by atoms with Gasteiger partial charge in [-0.1, -0.05) is 13.8 Å². The first-order valence-corrected chi connectivity index (χ1v) is 9.24. The topological polar surface area (TPSA) is 108 Å². The summed E-state index contributed by atoms with van der Waals surface area (Å²) in [5, 5.41) is 14.4. The molecule has 0 radical (unpaired) electrons. The van der Waals surface area contributed by atoms with Gasteiger partial charge < -0.3 is 10.4 Å². The molecule has 1 aromatic rings. The molecule has 0 saturated heterocycles. The van der Waals surface area contributed by atoms with Crippen molar-refractivity contribution >= 4 is 32.4 Å². The molecule has 21 heavy (non-hydrogen) atoms. The van der Waals surface area contributed by atoms with Crippen LogP contribution in [-0.2, 0) is 21.2 Å². The molecule has 9 heteroatoms. The lowest BCUT2D eigenvalue weighted by molar-refractivity contribution is -0.128.